The largest absolute Gasteiger partial charge is 0.434 e. The first kappa shape index (κ1) is 28.7. The predicted octanol–water partition coefficient (Wildman–Crippen LogP) is 4.35. The highest BCUT2D eigenvalue weighted by atomic mass is 32.1. The number of hydrogen-bond acceptors (Lipinski definition) is 7. The highest BCUT2D eigenvalue weighted by molar-refractivity contribution is 7.13. The van der Waals surface area contributed by atoms with Crippen molar-refractivity contribution in [3.8, 4) is 21.7 Å². The molecule has 3 N–H and O–H groups in total. The molecule has 0 aliphatic heterocycles. The topological polar surface area (TPSA) is 127 Å². The molecule has 3 heterocycles. The molecule has 3 amide bonds. The zero-order valence-electron chi connectivity index (χ0n) is 21.7. The molecule has 0 fully saturated rings. The summed E-state index contributed by atoms with van der Waals surface area (Å²) in [5, 5.41) is 8.84. The van der Waals surface area contributed by atoms with E-state index in [1.165, 1.54) is 32.6 Å². The summed E-state index contributed by atoms with van der Waals surface area (Å²) in [7, 11) is 2.95. The number of nitrogens with one attached hydrogen (secondary N) is 3. The summed E-state index contributed by atoms with van der Waals surface area (Å²) in [5.74, 6) is -0.422. The number of carbonyl (C=O) groups is 2. The first-order valence-corrected chi connectivity index (χ1v) is 12.9. The number of benzene rings is 1. The summed E-state index contributed by atoms with van der Waals surface area (Å²) in [6.07, 6.45) is -1.77. The molecule has 0 radical (unpaired) electrons. The number of urea groups is 1. The monoisotopic (exact) mass is 574 g/mol. The molecule has 0 saturated carbocycles. The maximum Gasteiger partial charge on any atom is 0.434 e. The van der Waals surface area contributed by atoms with Crippen molar-refractivity contribution in [3.05, 3.63) is 63.5 Å². The lowest BCUT2D eigenvalue weighted by atomic mass is 9.99. The fourth-order valence-electron chi connectivity index (χ4n) is 4.01. The van der Waals surface area contributed by atoms with Crippen LogP contribution in [-0.4, -0.2) is 53.8 Å². The van der Waals surface area contributed by atoms with Gasteiger partial charge in [-0.2, -0.15) is 13.2 Å². The van der Waals surface area contributed by atoms with E-state index in [-0.39, 0.29) is 21.8 Å². The number of nitrogens with zero attached hydrogens (tertiary/aromatic N) is 3. The molecule has 4 rings (SSSR count). The van der Waals surface area contributed by atoms with E-state index in [1.54, 1.807) is 29.7 Å². The fourth-order valence-corrected chi connectivity index (χ4v) is 4.86. The van der Waals surface area contributed by atoms with E-state index in [4.69, 9.17) is 4.74 Å². The van der Waals surface area contributed by atoms with Gasteiger partial charge >= 0.3 is 12.2 Å². The molecule has 3 aromatic heterocycles. The third kappa shape index (κ3) is 5.97. The number of amides is 3. The third-order valence-corrected chi connectivity index (χ3v) is 6.78. The second-order valence-corrected chi connectivity index (χ2v) is 9.36. The number of rotatable bonds is 8. The lowest BCUT2D eigenvalue weighted by Crippen LogP contribution is -2.28. The Bertz CT molecular complexity index is 1630. The van der Waals surface area contributed by atoms with Gasteiger partial charge in [0, 0.05) is 61.5 Å². The van der Waals surface area contributed by atoms with E-state index in [9.17, 15) is 27.6 Å². The van der Waals surface area contributed by atoms with Crippen LogP contribution in [0.3, 0.4) is 0 Å². The van der Waals surface area contributed by atoms with Crippen LogP contribution in [0.4, 0.5) is 23.8 Å². The fraction of sp³-hybridized carbons (Fsp3) is 0.269. The van der Waals surface area contributed by atoms with Gasteiger partial charge in [0.1, 0.15) is 16.4 Å². The maximum atomic E-state index is 13.3. The number of halogens is 3. The van der Waals surface area contributed by atoms with Crippen LogP contribution >= 0.6 is 11.3 Å². The van der Waals surface area contributed by atoms with Crippen LogP contribution in [0.2, 0.25) is 0 Å². The van der Waals surface area contributed by atoms with Gasteiger partial charge in [-0.3, -0.25) is 14.9 Å². The van der Waals surface area contributed by atoms with Crippen molar-refractivity contribution in [2.24, 2.45) is 0 Å². The minimum Gasteiger partial charge on any atom is -0.383 e. The number of methoxy groups -OCH3 is 1. The lowest BCUT2D eigenvalue weighted by molar-refractivity contribution is -0.140. The van der Waals surface area contributed by atoms with Crippen LogP contribution in [0.1, 0.15) is 23.0 Å². The van der Waals surface area contributed by atoms with Crippen LogP contribution in [0, 0.1) is 0 Å². The first-order valence-electron chi connectivity index (χ1n) is 12.0. The number of aromatic nitrogens is 3. The number of alkyl halides is 3. The Balaban J connectivity index is 1.91. The minimum absolute atomic E-state index is 0.0375. The van der Waals surface area contributed by atoms with Crippen molar-refractivity contribution in [2.75, 3.05) is 32.6 Å². The van der Waals surface area contributed by atoms with Gasteiger partial charge in [0.05, 0.1) is 12.1 Å². The van der Waals surface area contributed by atoms with E-state index >= 15 is 0 Å². The molecule has 40 heavy (non-hydrogen) atoms. The van der Waals surface area contributed by atoms with Gasteiger partial charge in [0.15, 0.2) is 5.69 Å². The van der Waals surface area contributed by atoms with Crippen LogP contribution in [0.25, 0.3) is 32.6 Å². The highest BCUT2D eigenvalue weighted by Crippen LogP contribution is 2.39. The average molecular weight is 575 g/mol. The summed E-state index contributed by atoms with van der Waals surface area (Å²) in [6.45, 7) is 2.71. The van der Waals surface area contributed by atoms with Gasteiger partial charge in [-0.15, -0.1) is 11.3 Å². The number of fused-ring (bicyclic) bond motifs is 1. The lowest BCUT2D eigenvalue weighted by Gasteiger charge is -2.15. The Hall–Kier alpha value is -4.30. The number of anilines is 1. The van der Waals surface area contributed by atoms with Gasteiger partial charge < -0.3 is 19.9 Å². The Morgan fingerprint density at radius 2 is 1.95 bits per heavy atom. The minimum atomic E-state index is -4.63. The standard InChI is InChI=1S/C26H25F3N6O4S/c1-4-31-25(38)34-21-10-16(24-33-20(13-40-24)26(27,28)29)17(11-32-21)14-5-6-15-19(9-14)35(7-8-39-3)12-18(22(15)36)23(37)30-2/h5-6,9-13H,4,7-8H2,1-3H3,(H,30,37)(H2,31,32,34,38). The molecule has 14 heteroatoms. The molecule has 0 spiro atoms. The maximum absolute atomic E-state index is 13.3. The molecule has 0 aliphatic rings. The van der Waals surface area contributed by atoms with E-state index in [0.717, 1.165) is 16.7 Å². The first-order chi connectivity index (χ1) is 19.1. The highest BCUT2D eigenvalue weighted by Gasteiger charge is 2.34. The van der Waals surface area contributed by atoms with E-state index < -0.39 is 29.2 Å². The van der Waals surface area contributed by atoms with Crippen LogP contribution in [0.15, 0.2) is 46.8 Å². The van der Waals surface area contributed by atoms with Gasteiger partial charge in [0.25, 0.3) is 5.91 Å². The Labute approximate surface area is 230 Å². The average Bonchev–Trinajstić information content (AvgIpc) is 3.43. The van der Waals surface area contributed by atoms with E-state index in [2.05, 4.69) is 25.9 Å². The van der Waals surface area contributed by atoms with Gasteiger partial charge in [-0.05, 0) is 30.7 Å². The van der Waals surface area contributed by atoms with E-state index in [0.29, 0.717) is 41.9 Å². The van der Waals surface area contributed by atoms with Gasteiger partial charge in [-0.1, -0.05) is 6.07 Å². The normalized spacial score (nSPS) is 11.4. The molecule has 0 saturated heterocycles. The quantitative estimate of drug-likeness (QED) is 0.287. The number of carbonyl (C=O) groups excluding carboxylic acids is 2. The van der Waals surface area contributed by atoms with Crippen molar-refractivity contribution in [3.63, 3.8) is 0 Å². The van der Waals surface area contributed by atoms with E-state index in [1.807, 2.05) is 0 Å². The molecular formula is C26H25F3N6O4S. The van der Waals surface area contributed by atoms with Crippen LogP contribution in [-0.2, 0) is 17.5 Å². The smallest absolute Gasteiger partial charge is 0.383 e. The Kier molecular flexibility index (Phi) is 8.49. The summed E-state index contributed by atoms with van der Waals surface area (Å²) in [6, 6.07) is 5.78. The molecule has 0 aliphatic carbocycles. The van der Waals surface area contributed by atoms with Crippen LogP contribution in [0.5, 0.6) is 0 Å². The molecule has 1 aromatic carbocycles. The summed E-state index contributed by atoms with van der Waals surface area (Å²) in [4.78, 5) is 45.6. The molecular weight excluding hydrogens is 549 g/mol. The SMILES string of the molecule is CCNC(=O)Nc1cc(-c2nc(C(F)(F)F)cs2)c(-c2ccc3c(=O)c(C(=O)NC)cn(CCOC)c3c2)cn1. The summed E-state index contributed by atoms with van der Waals surface area (Å²) in [5.41, 5.74) is 0.192. The van der Waals surface area contributed by atoms with Gasteiger partial charge in [0.2, 0.25) is 5.43 Å². The molecule has 210 valence electrons. The Morgan fingerprint density at radius 3 is 2.60 bits per heavy atom. The second-order valence-electron chi connectivity index (χ2n) is 8.50. The molecule has 4 aromatic rings. The zero-order valence-corrected chi connectivity index (χ0v) is 22.5. The molecule has 10 nitrogen and oxygen atoms in total. The predicted molar refractivity (Wildman–Crippen MR) is 146 cm³/mol. The van der Waals surface area contributed by atoms with Gasteiger partial charge in [-0.25, -0.2) is 14.8 Å². The molecule has 0 atom stereocenters. The number of thiazole rings is 1. The van der Waals surface area contributed by atoms with Crippen LogP contribution < -0.4 is 21.4 Å². The van der Waals surface area contributed by atoms with Crippen molar-refractivity contribution in [1.29, 1.82) is 0 Å². The van der Waals surface area contributed by atoms with Crippen molar-refractivity contribution >= 4 is 40.0 Å². The molecule has 0 bridgehead atoms. The number of pyridine rings is 2. The molecule has 0 unspecified atom stereocenters. The number of ether oxygens (including phenoxy) is 1. The summed E-state index contributed by atoms with van der Waals surface area (Å²) >= 11 is 0.801. The zero-order chi connectivity index (χ0) is 29.0. The Morgan fingerprint density at radius 1 is 1.18 bits per heavy atom. The van der Waals surface area contributed by atoms with Crippen molar-refractivity contribution in [1.82, 2.24) is 25.2 Å². The number of hydrogen-bond donors (Lipinski definition) is 3. The van der Waals surface area contributed by atoms with Crippen molar-refractivity contribution in [2.45, 2.75) is 19.6 Å². The summed E-state index contributed by atoms with van der Waals surface area (Å²) < 4.78 is 46.9. The van der Waals surface area contributed by atoms with Crippen molar-refractivity contribution < 1.29 is 27.5 Å². The second kappa shape index (κ2) is 11.8. The third-order valence-electron chi connectivity index (χ3n) is 5.91.